The molecule has 0 bridgehead atoms. The SMILES string of the molecule is CCc1cccc(C(C)c2ncc[nH]2)c1. The predicted octanol–water partition coefficient (Wildman–Crippen LogP) is 3.12. The van der Waals surface area contributed by atoms with Crippen LogP contribution in [-0.4, -0.2) is 9.97 Å². The number of aromatic nitrogens is 2. The standard InChI is InChI=1S/C13H16N2/c1-3-11-5-4-6-12(9-11)10(2)13-14-7-8-15-13/h4-10H,3H2,1-2H3,(H,14,15). The smallest absolute Gasteiger partial charge is 0.113 e. The van der Waals surface area contributed by atoms with Gasteiger partial charge in [0.1, 0.15) is 5.82 Å². The highest BCUT2D eigenvalue weighted by atomic mass is 14.9. The van der Waals surface area contributed by atoms with Crippen molar-refractivity contribution >= 4 is 0 Å². The second-order valence-corrected chi connectivity index (χ2v) is 3.79. The van der Waals surface area contributed by atoms with Crippen LogP contribution >= 0.6 is 0 Å². The lowest BCUT2D eigenvalue weighted by Crippen LogP contribution is -1.99. The van der Waals surface area contributed by atoms with Gasteiger partial charge in [0, 0.05) is 18.3 Å². The molecule has 78 valence electrons. The van der Waals surface area contributed by atoms with Crippen molar-refractivity contribution in [2.45, 2.75) is 26.2 Å². The molecule has 1 aromatic carbocycles. The van der Waals surface area contributed by atoms with E-state index in [1.165, 1.54) is 11.1 Å². The molecule has 0 aliphatic rings. The Kier molecular flexibility index (Phi) is 2.86. The fraction of sp³-hybridized carbons (Fsp3) is 0.308. The van der Waals surface area contributed by atoms with Gasteiger partial charge in [-0.15, -0.1) is 0 Å². The Morgan fingerprint density at radius 3 is 2.93 bits per heavy atom. The summed E-state index contributed by atoms with van der Waals surface area (Å²) in [6, 6.07) is 8.70. The van der Waals surface area contributed by atoms with Gasteiger partial charge in [-0.05, 0) is 17.5 Å². The molecular formula is C13H16N2. The molecule has 1 unspecified atom stereocenters. The van der Waals surface area contributed by atoms with Crippen LogP contribution in [0.3, 0.4) is 0 Å². The third-order valence-electron chi connectivity index (χ3n) is 2.79. The first kappa shape index (κ1) is 9.97. The number of hydrogen-bond acceptors (Lipinski definition) is 1. The van der Waals surface area contributed by atoms with Crippen molar-refractivity contribution in [2.75, 3.05) is 0 Å². The Labute approximate surface area is 90.4 Å². The van der Waals surface area contributed by atoms with E-state index in [-0.39, 0.29) is 0 Å². The van der Waals surface area contributed by atoms with Crippen LogP contribution < -0.4 is 0 Å². The van der Waals surface area contributed by atoms with E-state index in [9.17, 15) is 0 Å². The Bertz CT molecular complexity index is 418. The van der Waals surface area contributed by atoms with E-state index in [4.69, 9.17) is 0 Å². The number of hydrogen-bond donors (Lipinski definition) is 1. The fourth-order valence-corrected chi connectivity index (χ4v) is 1.75. The highest BCUT2D eigenvalue weighted by Gasteiger charge is 2.10. The quantitative estimate of drug-likeness (QED) is 0.810. The van der Waals surface area contributed by atoms with Crippen LogP contribution in [0.4, 0.5) is 0 Å². The number of H-pyrrole nitrogens is 1. The molecule has 0 aliphatic heterocycles. The molecule has 0 saturated carbocycles. The fourth-order valence-electron chi connectivity index (χ4n) is 1.75. The van der Waals surface area contributed by atoms with Crippen molar-refractivity contribution in [1.29, 1.82) is 0 Å². The Balaban J connectivity index is 2.29. The molecule has 1 heterocycles. The van der Waals surface area contributed by atoms with Crippen molar-refractivity contribution in [2.24, 2.45) is 0 Å². The average molecular weight is 200 g/mol. The molecule has 1 atom stereocenters. The molecule has 1 N–H and O–H groups in total. The highest BCUT2D eigenvalue weighted by Crippen LogP contribution is 2.21. The van der Waals surface area contributed by atoms with E-state index in [0.717, 1.165) is 12.2 Å². The summed E-state index contributed by atoms with van der Waals surface area (Å²) in [7, 11) is 0. The van der Waals surface area contributed by atoms with Gasteiger partial charge < -0.3 is 4.98 Å². The monoisotopic (exact) mass is 200 g/mol. The molecular weight excluding hydrogens is 184 g/mol. The van der Waals surface area contributed by atoms with Crippen molar-refractivity contribution in [3.8, 4) is 0 Å². The third kappa shape index (κ3) is 2.09. The molecule has 0 saturated heterocycles. The molecule has 2 aromatic rings. The van der Waals surface area contributed by atoms with Crippen molar-refractivity contribution in [3.05, 3.63) is 53.6 Å². The minimum absolute atomic E-state index is 0.339. The summed E-state index contributed by atoms with van der Waals surface area (Å²) in [5.74, 6) is 1.37. The van der Waals surface area contributed by atoms with Crippen LogP contribution in [0.5, 0.6) is 0 Å². The van der Waals surface area contributed by atoms with Crippen LogP contribution in [0.1, 0.15) is 36.7 Å². The Hall–Kier alpha value is -1.57. The lowest BCUT2D eigenvalue weighted by Gasteiger charge is -2.10. The largest absolute Gasteiger partial charge is 0.348 e. The number of nitrogens with zero attached hydrogens (tertiary/aromatic N) is 1. The second-order valence-electron chi connectivity index (χ2n) is 3.79. The number of nitrogens with one attached hydrogen (secondary N) is 1. The van der Waals surface area contributed by atoms with Crippen molar-refractivity contribution in [1.82, 2.24) is 9.97 Å². The van der Waals surface area contributed by atoms with Gasteiger partial charge in [-0.25, -0.2) is 4.98 Å². The molecule has 1 aromatic heterocycles. The van der Waals surface area contributed by atoms with Crippen LogP contribution in [0, 0.1) is 0 Å². The Morgan fingerprint density at radius 1 is 1.40 bits per heavy atom. The normalized spacial score (nSPS) is 12.7. The topological polar surface area (TPSA) is 28.7 Å². The van der Waals surface area contributed by atoms with Gasteiger partial charge in [0.2, 0.25) is 0 Å². The lowest BCUT2D eigenvalue weighted by molar-refractivity contribution is 0.837. The summed E-state index contributed by atoms with van der Waals surface area (Å²) < 4.78 is 0. The van der Waals surface area contributed by atoms with Gasteiger partial charge >= 0.3 is 0 Å². The molecule has 15 heavy (non-hydrogen) atoms. The number of aromatic amines is 1. The zero-order valence-corrected chi connectivity index (χ0v) is 9.20. The summed E-state index contributed by atoms with van der Waals surface area (Å²) >= 11 is 0. The predicted molar refractivity (Wildman–Crippen MR) is 61.9 cm³/mol. The maximum Gasteiger partial charge on any atom is 0.113 e. The van der Waals surface area contributed by atoms with E-state index >= 15 is 0 Å². The summed E-state index contributed by atoms with van der Waals surface area (Å²) in [5.41, 5.74) is 2.70. The number of imidazole rings is 1. The maximum atomic E-state index is 4.29. The summed E-state index contributed by atoms with van der Waals surface area (Å²) in [4.78, 5) is 7.45. The highest BCUT2D eigenvalue weighted by molar-refractivity contribution is 5.29. The molecule has 2 heteroatoms. The summed E-state index contributed by atoms with van der Waals surface area (Å²) in [6.07, 6.45) is 4.75. The molecule has 2 nitrogen and oxygen atoms in total. The number of benzene rings is 1. The molecule has 0 spiro atoms. The maximum absolute atomic E-state index is 4.29. The summed E-state index contributed by atoms with van der Waals surface area (Å²) in [6.45, 7) is 4.35. The second kappa shape index (κ2) is 4.30. The molecule has 0 amide bonds. The van der Waals surface area contributed by atoms with Gasteiger partial charge in [0.15, 0.2) is 0 Å². The third-order valence-corrected chi connectivity index (χ3v) is 2.79. The number of rotatable bonds is 3. The zero-order valence-electron chi connectivity index (χ0n) is 9.20. The summed E-state index contributed by atoms with van der Waals surface area (Å²) in [5, 5.41) is 0. The first-order valence-electron chi connectivity index (χ1n) is 5.39. The van der Waals surface area contributed by atoms with Crippen LogP contribution in [0.25, 0.3) is 0 Å². The van der Waals surface area contributed by atoms with Gasteiger partial charge in [-0.2, -0.15) is 0 Å². The first-order chi connectivity index (χ1) is 7.31. The Morgan fingerprint density at radius 2 is 2.27 bits per heavy atom. The molecule has 0 fully saturated rings. The van der Waals surface area contributed by atoms with Gasteiger partial charge in [0.25, 0.3) is 0 Å². The minimum atomic E-state index is 0.339. The van der Waals surface area contributed by atoms with E-state index in [0.29, 0.717) is 5.92 Å². The zero-order chi connectivity index (χ0) is 10.7. The van der Waals surface area contributed by atoms with Crippen LogP contribution in [-0.2, 0) is 6.42 Å². The van der Waals surface area contributed by atoms with Gasteiger partial charge in [-0.1, -0.05) is 38.1 Å². The van der Waals surface area contributed by atoms with E-state index < -0.39 is 0 Å². The van der Waals surface area contributed by atoms with E-state index in [1.807, 2.05) is 6.20 Å². The van der Waals surface area contributed by atoms with Gasteiger partial charge in [0.05, 0.1) is 0 Å². The van der Waals surface area contributed by atoms with Gasteiger partial charge in [-0.3, -0.25) is 0 Å². The average Bonchev–Trinajstić information content (AvgIpc) is 2.81. The molecule has 0 radical (unpaired) electrons. The molecule has 0 aliphatic carbocycles. The first-order valence-corrected chi connectivity index (χ1v) is 5.39. The van der Waals surface area contributed by atoms with Crippen molar-refractivity contribution < 1.29 is 0 Å². The van der Waals surface area contributed by atoms with E-state index in [1.54, 1.807) is 6.20 Å². The molecule has 2 rings (SSSR count). The van der Waals surface area contributed by atoms with Crippen LogP contribution in [0.2, 0.25) is 0 Å². The number of aryl methyl sites for hydroxylation is 1. The lowest BCUT2D eigenvalue weighted by atomic mass is 9.98. The minimum Gasteiger partial charge on any atom is -0.348 e. The van der Waals surface area contributed by atoms with Crippen LogP contribution in [0.15, 0.2) is 36.7 Å². The van der Waals surface area contributed by atoms with Crippen molar-refractivity contribution in [3.63, 3.8) is 0 Å². The van der Waals surface area contributed by atoms with E-state index in [2.05, 4.69) is 48.1 Å².